The summed E-state index contributed by atoms with van der Waals surface area (Å²) in [5, 5.41) is 0. The number of piperazine rings is 1. The molecule has 0 unspecified atom stereocenters. The van der Waals surface area contributed by atoms with Gasteiger partial charge in [0.2, 0.25) is 5.91 Å². The van der Waals surface area contributed by atoms with Gasteiger partial charge in [-0.25, -0.2) is 9.97 Å². The normalized spacial score (nSPS) is 15.7. The molecule has 2 rings (SSSR count). The van der Waals surface area contributed by atoms with Crippen LogP contribution >= 0.6 is 0 Å². The van der Waals surface area contributed by atoms with E-state index in [0.717, 1.165) is 44.1 Å². The number of nitrogens with zero attached hydrogens (tertiary/aromatic N) is 4. The topological polar surface area (TPSA) is 58.6 Å². The molecule has 0 spiro atoms. The molecule has 104 valence electrons. The number of ether oxygens (including phenoxy) is 1. The van der Waals surface area contributed by atoms with E-state index >= 15 is 0 Å². The fourth-order valence-electron chi connectivity index (χ4n) is 2.15. The van der Waals surface area contributed by atoms with E-state index in [1.165, 1.54) is 0 Å². The Bertz CT molecular complexity index is 430. The highest BCUT2D eigenvalue weighted by Gasteiger charge is 2.19. The molecule has 0 atom stereocenters. The number of hydrogen-bond acceptors (Lipinski definition) is 5. The molecule has 0 bridgehead atoms. The quantitative estimate of drug-likeness (QED) is 0.784. The van der Waals surface area contributed by atoms with E-state index in [0.29, 0.717) is 6.61 Å². The number of amides is 1. The molecule has 2 heterocycles. The molecule has 1 aliphatic rings. The number of rotatable bonds is 4. The standard InChI is InChI=1S/C13H20N4O2/c1-11(18)16-4-6-17(7-5-16)13-9-12(3-8-19-2)14-10-15-13/h9-10H,3-8H2,1-2H3. The summed E-state index contributed by atoms with van der Waals surface area (Å²) in [5.41, 5.74) is 0.987. The molecule has 0 N–H and O–H groups in total. The molecule has 19 heavy (non-hydrogen) atoms. The monoisotopic (exact) mass is 264 g/mol. The Morgan fingerprint density at radius 1 is 1.32 bits per heavy atom. The van der Waals surface area contributed by atoms with Crippen molar-refractivity contribution in [3.05, 3.63) is 18.1 Å². The van der Waals surface area contributed by atoms with E-state index in [1.54, 1.807) is 20.4 Å². The van der Waals surface area contributed by atoms with E-state index in [2.05, 4.69) is 14.9 Å². The van der Waals surface area contributed by atoms with Crippen molar-refractivity contribution in [3.63, 3.8) is 0 Å². The second kappa shape index (κ2) is 6.47. The zero-order valence-electron chi connectivity index (χ0n) is 11.5. The second-order valence-electron chi connectivity index (χ2n) is 4.60. The van der Waals surface area contributed by atoms with Crippen molar-refractivity contribution in [2.24, 2.45) is 0 Å². The smallest absolute Gasteiger partial charge is 0.219 e. The summed E-state index contributed by atoms with van der Waals surface area (Å²) in [7, 11) is 1.68. The number of carbonyl (C=O) groups excluding carboxylic acids is 1. The van der Waals surface area contributed by atoms with Crippen molar-refractivity contribution in [3.8, 4) is 0 Å². The van der Waals surface area contributed by atoms with Crippen LogP contribution in [0.2, 0.25) is 0 Å². The maximum absolute atomic E-state index is 11.3. The summed E-state index contributed by atoms with van der Waals surface area (Å²) >= 11 is 0. The van der Waals surface area contributed by atoms with Crippen molar-refractivity contribution in [1.29, 1.82) is 0 Å². The summed E-state index contributed by atoms with van der Waals surface area (Å²) in [6.45, 7) is 5.43. The average Bonchev–Trinajstić information content (AvgIpc) is 2.45. The van der Waals surface area contributed by atoms with E-state index < -0.39 is 0 Å². The molecule has 1 fully saturated rings. The minimum absolute atomic E-state index is 0.142. The fourth-order valence-corrected chi connectivity index (χ4v) is 2.15. The molecule has 1 saturated heterocycles. The van der Waals surface area contributed by atoms with Crippen molar-refractivity contribution < 1.29 is 9.53 Å². The van der Waals surface area contributed by atoms with Crippen LogP contribution in [0.5, 0.6) is 0 Å². The van der Waals surface area contributed by atoms with Gasteiger partial charge in [0.05, 0.1) is 6.61 Å². The first-order valence-corrected chi connectivity index (χ1v) is 6.51. The highest BCUT2D eigenvalue weighted by Crippen LogP contribution is 2.14. The third-order valence-corrected chi connectivity index (χ3v) is 3.32. The van der Waals surface area contributed by atoms with Gasteiger partial charge in [-0.3, -0.25) is 4.79 Å². The number of methoxy groups -OCH3 is 1. The van der Waals surface area contributed by atoms with Crippen LogP contribution in [0.3, 0.4) is 0 Å². The molecule has 1 amide bonds. The fraction of sp³-hybridized carbons (Fsp3) is 0.615. The first-order valence-electron chi connectivity index (χ1n) is 6.51. The maximum atomic E-state index is 11.3. The van der Waals surface area contributed by atoms with Gasteiger partial charge in [-0.05, 0) is 0 Å². The molecule has 0 radical (unpaired) electrons. The Hall–Kier alpha value is -1.69. The van der Waals surface area contributed by atoms with Gasteiger partial charge in [0.15, 0.2) is 0 Å². The van der Waals surface area contributed by atoms with Gasteiger partial charge in [-0.2, -0.15) is 0 Å². The zero-order valence-corrected chi connectivity index (χ0v) is 11.5. The van der Waals surface area contributed by atoms with Gasteiger partial charge in [-0.1, -0.05) is 0 Å². The SMILES string of the molecule is COCCc1cc(N2CCN(C(C)=O)CC2)ncn1. The molecule has 0 saturated carbocycles. The Labute approximate surface area is 113 Å². The van der Waals surface area contributed by atoms with Crippen LogP contribution in [-0.4, -0.2) is 60.7 Å². The molecule has 6 nitrogen and oxygen atoms in total. The Morgan fingerprint density at radius 3 is 2.68 bits per heavy atom. The molecule has 1 aromatic heterocycles. The average molecular weight is 264 g/mol. The molecule has 0 aromatic carbocycles. The number of carbonyl (C=O) groups is 1. The summed E-state index contributed by atoms with van der Waals surface area (Å²) in [4.78, 5) is 23.9. The highest BCUT2D eigenvalue weighted by molar-refractivity contribution is 5.73. The number of hydrogen-bond donors (Lipinski definition) is 0. The molecule has 1 aromatic rings. The molecular formula is C13H20N4O2. The molecule has 6 heteroatoms. The van der Waals surface area contributed by atoms with E-state index in [1.807, 2.05) is 11.0 Å². The van der Waals surface area contributed by atoms with E-state index in [4.69, 9.17) is 4.74 Å². The molecule has 0 aliphatic carbocycles. The maximum Gasteiger partial charge on any atom is 0.219 e. The minimum Gasteiger partial charge on any atom is -0.384 e. The number of aromatic nitrogens is 2. The van der Waals surface area contributed by atoms with Crippen LogP contribution < -0.4 is 4.90 Å². The van der Waals surface area contributed by atoms with Crippen LogP contribution in [0.25, 0.3) is 0 Å². The Balaban J connectivity index is 1.97. The predicted molar refractivity (Wildman–Crippen MR) is 72.1 cm³/mol. The Morgan fingerprint density at radius 2 is 2.05 bits per heavy atom. The van der Waals surface area contributed by atoms with Crippen molar-refractivity contribution in [2.45, 2.75) is 13.3 Å². The lowest BCUT2D eigenvalue weighted by Crippen LogP contribution is -2.48. The molecular weight excluding hydrogens is 244 g/mol. The second-order valence-corrected chi connectivity index (χ2v) is 4.60. The van der Waals surface area contributed by atoms with E-state index in [9.17, 15) is 4.79 Å². The lowest BCUT2D eigenvalue weighted by Gasteiger charge is -2.34. The summed E-state index contributed by atoms with van der Waals surface area (Å²) < 4.78 is 5.05. The lowest BCUT2D eigenvalue weighted by molar-refractivity contribution is -0.129. The van der Waals surface area contributed by atoms with Crippen LogP contribution in [0, 0.1) is 0 Å². The third kappa shape index (κ3) is 3.64. The van der Waals surface area contributed by atoms with Gasteiger partial charge >= 0.3 is 0 Å². The minimum atomic E-state index is 0.142. The summed E-state index contributed by atoms with van der Waals surface area (Å²) in [6.07, 6.45) is 2.39. The van der Waals surface area contributed by atoms with Gasteiger partial charge < -0.3 is 14.5 Å². The van der Waals surface area contributed by atoms with Crippen molar-refractivity contribution >= 4 is 11.7 Å². The van der Waals surface area contributed by atoms with Crippen molar-refractivity contribution in [1.82, 2.24) is 14.9 Å². The first kappa shape index (κ1) is 13.7. The van der Waals surface area contributed by atoms with Gasteiger partial charge in [0.1, 0.15) is 12.1 Å². The van der Waals surface area contributed by atoms with Gasteiger partial charge in [0, 0.05) is 58.4 Å². The highest BCUT2D eigenvalue weighted by atomic mass is 16.5. The lowest BCUT2D eigenvalue weighted by atomic mass is 10.2. The Kier molecular flexibility index (Phi) is 4.68. The van der Waals surface area contributed by atoms with Crippen LogP contribution in [0.1, 0.15) is 12.6 Å². The predicted octanol–water partition coefficient (Wildman–Crippen LogP) is 0.334. The van der Waals surface area contributed by atoms with Crippen LogP contribution in [-0.2, 0) is 16.0 Å². The summed E-state index contributed by atoms with van der Waals surface area (Å²) in [6, 6.07) is 2.00. The summed E-state index contributed by atoms with van der Waals surface area (Å²) in [5.74, 6) is 1.08. The largest absolute Gasteiger partial charge is 0.384 e. The van der Waals surface area contributed by atoms with Crippen LogP contribution in [0.15, 0.2) is 12.4 Å². The van der Waals surface area contributed by atoms with Crippen molar-refractivity contribution in [2.75, 3.05) is 44.8 Å². The van der Waals surface area contributed by atoms with Gasteiger partial charge in [0.25, 0.3) is 0 Å². The molecule has 1 aliphatic heterocycles. The first-order chi connectivity index (χ1) is 9.20. The van der Waals surface area contributed by atoms with Gasteiger partial charge in [-0.15, -0.1) is 0 Å². The zero-order chi connectivity index (χ0) is 13.7. The van der Waals surface area contributed by atoms with Crippen LogP contribution in [0.4, 0.5) is 5.82 Å². The number of anilines is 1. The van der Waals surface area contributed by atoms with E-state index in [-0.39, 0.29) is 5.91 Å². The third-order valence-electron chi connectivity index (χ3n) is 3.32.